The van der Waals surface area contributed by atoms with Gasteiger partial charge in [0.1, 0.15) is 22.8 Å². The van der Waals surface area contributed by atoms with Crippen LogP contribution in [-0.2, 0) is 6.42 Å². The third-order valence-corrected chi connectivity index (χ3v) is 3.39. The Bertz CT molecular complexity index is 649. The number of halogens is 1. The fourth-order valence-electron chi connectivity index (χ4n) is 1.61. The molecule has 0 saturated carbocycles. The van der Waals surface area contributed by atoms with Crippen LogP contribution in [0.5, 0.6) is 0 Å². The standard InChI is InChI=1S/C10H9ClN6S/c11-10-15-8(6-2-4-18-9(6)16-10)12-3-1-7-13-5-14-17-7/h2,4-5H,1,3H2,(H,12,15,16)(H,13,14,17). The van der Waals surface area contributed by atoms with E-state index in [4.69, 9.17) is 11.6 Å². The van der Waals surface area contributed by atoms with Crippen LogP contribution in [0.4, 0.5) is 5.82 Å². The number of rotatable bonds is 4. The predicted octanol–water partition coefficient (Wildman–Crippen LogP) is 2.12. The first-order valence-corrected chi connectivity index (χ1v) is 6.57. The molecule has 0 unspecified atom stereocenters. The minimum Gasteiger partial charge on any atom is -0.369 e. The molecule has 3 aromatic rings. The molecule has 18 heavy (non-hydrogen) atoms. The molecular weight excluding hydrogens is 272 g/mol. The summed E-state index contributed by atoms with van der Waals surface area (Å²) in [6, 6.07) is 1.98. The Morgan fingerprint density at radius 3 is 3.17 bits per heavy atom. The molecule has 0 fully saturated rings. The van der Waals surface area contributed by atoms with Gasteiger partial charge in [-0.05, 0) is 23.0 Å². The van der Waals surface area contributed by atoms with E-state index in [2.05, 4.69) is 30.5 Å². The summed E-state index contributed by atoms with van der Waals surface area (Å²) in [5.74, 6) is 1.59. The average Bonchev–Trinajstić information content (AvgIpc) is 2.98. The number of aromatic amines is 1. The first kappa shape index (κ1) is 11.4. The van der Waals surface area contributed by atoms with Crippen LogP contribution < -0.4 is 5.32 Å². The van der Waals surface area contributed by atoms with Crippen molar-refractivity contribution in [3.8, 4) is 0 Å². The zero-order valence-electron chi connectivity index (χ0n) is 9.22. The van der Waals surface area contributed by atoms with E-state index in [9.17, 15) is 0 Å². The molecule has 2 N–H and O–H groups in total. The smallest absolute Gasteiger partial charge is 0.225 e. The SMILES string of the molecule is Clc1nc(NCCc2ncn[nH]2)c2ccsc2n1. The van der Waals surface area contributed by atoms with Crippen LogP contribution in [0.1, 0.15) is 5.82 Å². The number of anilines is 1. The highest BCUT2D eigenvalue weighted by atomic mass is 35.5. The normalized spacial score (nSPS) is 10.9. The van der Waals surface area contributed by atoms with Gasteiger partial charge in [-0.25, -0.2) is 15.0 Å². The summed E-state index contributed by atoms with van der Waals surface area (Å²) < 4.78 is 0. The van der Waals surface area contributed by atoms with E-state index in [0.29, 0.717) is 6.54 Å². The number of hydrogen-bond donors (Lipinski definition) is 2. The zero-order valence-corrected chi connectivity index (χ0v) is 10.8. The lowest BCUT2D eigenvalue weighted by molar-refractivity contribution is 0.898. The monoisotopic (exact) mass is 280 g/mol. The highest BCUT2D eigenvalue weighted by Crippen LogP contribution is 2.26. The van der Waals surface area contributed by atoms with E-state index in [-0.39, 0.29) is 5.28 Å². The molecule has 0 atom stereocenters. The van der Waals surface area contributed by atoms with Gasteiger partial charge in [0.15, 0.2) is 0 Å². The van der Waals surface area contributed by atoms with Crippen LogP contribution in [-0.4, -0.2) is 31.7 Å². The van der Waals surface area contributed by atoms with E-state index in [1.54, 1.807) is 11.3 Å². The van der Waals surface area contributed by atoms with E-state index < -0.39 is 0 Å². The quantitative estimate of drug-likeness (QED) is 0.716. The molecule has 0 saturated heterocycles. The van der Waals surface area contributed by atoms with Gasteiger partial charge in [-0.1, -0.05) is 0 Å². The predicted molar refractivity (Wildman–Crippen MR) is 71.0 cm³/mol. The van der Waals surface area contributed by atoms with Crippen molar-refractivity contribution in [2.75, 3.05) is 11.9 Å². The Morgan fingerprint density at radius 1 is 1.39 bits per heavy atom. The van der Waals surface area contributed by atoms with Gasteiger partial charge in [0.2, 0.25) is 5.28 Å². The Kier molecular flexibility index (Phi) is 3.07. The molecule has 3 rings (SSSR count). The summed E-state index contributed by atoms with van der Waals surface area (Å²) in [7, 11) is 0. The summed E-state index contributed by atoms with van der Waals surface area (Å²) >= 11 is 7.42. The fourth-order valence-corrected chi connectivity index (χ4v) is 2.60. The zero-order chi connectivity index (χ0) is 12.4. The highest BCUT2D eigenvalue weighted by Gasteiger charge is 2.07. The Morgan fingerprint density at radius 2 is 2.33 bits per heavy atom. The molecule has 0 bridgehead atoms. The topological polar surface area (TPSA) is 79.4 Å². The van der Waals surface area contributed by atoms with Crippen molar-refractivity contribution in [1.29, 1.82) is 0 Å². The molecule has 3 heterocycles. The molecule has 0 spiro atoms. The molecule has 3 aromatic heterocycles. The summed E-state index contributed by atoms with van der Waals surface area (Å²) in [5, 5.41) is 13.1. The average molecular weight is 281 g/mol. The summed E-state index contributed by atoms with van der Waals surface area (Å²) in [6.07, 6.45) is 2.24. The van der Waals surface area contributed by atoms with Crippen molar-refractivity contribution in [3.05, 3.63) is 28.9 Å². The minimum atomic E-state index is 0.257. The van der Waals surface area contributed by atoms with Crippen molar-refractivity contribution < 1.29 is 0 Å². The number of nitrogens with one attached hydrogen (secondary N) is 2. The van der Waals surface area contributed by atoms with Crippen LogP contribution in [0, 0.1) is 0 Å². The maximum absolute atomic E-state index is 5.88. The van der Waals surface area contributed by atoms with Gasteiger partial charge in [-0.2, -0.15) is 5.10 Å². The van der Waals surface area contributed by atoms with Crippen LogP contribution in [0.3, 0.4) is 0 Å². The second-order valence-electron chi connectivity index (χ2n) is 3.59. The number of nitrogens with zero attached hydrogens (tertiary/aromatic N) is 4. The maximum Gasteiger partial charge on any atom is 0.225 e. The van der Waals surface area contributed by atoms with Crippen LogP contribution in [0.25, 0.3) is 10.2 Å². The van der Waals surface area contributed by atoms with E-state index >= 15 is 0 Å². The maximum atomic E-state index is 5.88. The molecule has 0 radical (unpaired) electrons. The van der Waals surface area contributed by atoms with Crippen molar-refractivity contribution in [1.82, 2.24) is 25.1 Å². The summed E-state index contributed by atoms with van der Waals surface area (Å²) in [6.45, 7) is 0.702. The molecule has 0 aliphatic carbocycles. The third-order valence-electron chi connectivity index (χ3n) is 2.42. The van der Waals surface area contributed by atoms with Gasteiger partial charge in [-0.3, -0.25) is 5.10 Å². The molecule has 8 heteroatoms. The first-order valence-electron chi connectivity index (χ1n) is 5.32. The van der Waals surface area contributed by atoms with Gasteiger partial charge >= 0.3 is 0 Å². The van der Waals surface area contributed by atoms with Gasteiger partial charge in [-0.15, -0.1) is 11.3 Å². The molecule has 0 aromatic carbocycles. The van der Waals surface area contributed by atoms with E-state index in [1.165, 1.54) is 6.33 Å². The van der Waals surface area contributed by atoms with Crippen molar-refractivity contribution in [3.63, 3.8) is 0 Å². The van der Waals surface area contributed by atoms with Gasteiger partial charge in [0, 0.05) is 13.0 Å². The summed E-state index contributed by atoms with van der Waals surface area (Å²) in [4.78, 5) is 13.3. The lowest BCUT2D eigenvalue weighted by atomic mass is 10.3. The van der Waals surface area contributed by atoms with Crippen LogP contribution >= 0.6 is 22.9 Å². The lowest BCUT2D eigenvalue weighted by Crippen LogP contribution is -2.08. The molecular formula is C10H9ClN6S. The fraction of sp³-hybridized carbons (Fsp3) is 0.200. The van der Waals surface area contributed by atoms with Crippen molar-refractivity contribution in [2.24, 2.45) is 0 Å². The lowest BCUT2D eigenvalue weighted by Gasteiger charge is -2.05. The summed E-state index contributed by atoms with van der Waals surface area (Å²) in [5.41, 5.74) is 0. The number of aromatic nitrogens is 5. The Hall–Kier alpha value is -1.73. The second-order valence-corrected chi connectivity index (χ2v) is 4.82. The molecule has 6 nitrogen and oxygen atoms in total. The first-order chi connectivity index (χ1) is 8.83. The van der Waals surface area contributed by atoms with Crippen molar-refractivity contribution >= 4 is 39.0 Å². The van der Waals surface area contributed by atoms with E-state index in [0.717, 1.165) is 28.3 Å². The minimum absolute atomic E-state index is 0.257. The van der Waals surface area contributed by atoms with Crippen LogP contribution in [0.2, 0.25) is 5.28 Å². The number of hydrogen-bond acceptors (Lipinski definition) is 6. The number of thiophene rings is 1. The molecule has 0 amide bonds. The van der Waals surface area contributed by atoms with Gasteiger partial charge in [0.05, 0.1) is 5.39 Å². The largest absolute Gasteiger partial charge is 0.369 e. The number of H-pyrrole nitrogens is 1. The Labute approximate surface area is 111 Å². The molecule has 92 valence electrons. The van der Waals surface area contributed by atoms with Crippen LogP contribution in [0.15, 0.2) is 17.8 Å². The van der Waals surface area contributed by atoms with Crippen molar-refractivity contribution in [2.45, 2.75) is 6.42 Å². The van der Waals surface area contributed by atoms with E-state index in [1.807, 2.05) is 11.4 Å². The van der Waals surface area contributed by atoms with Gasteiger partial charge in [0.25, 0.3) is 0 Å². The highest BCUT2D eigenvalue weighted by molar-refractivity contribution is 7.16. The molecule has 0 aliphatic rings. The molecule has 0 aliphatic heterocycles. The number of fused-ring (bicyclic) bond motifs is 1. The van der Waals surface area contributed by atoms with Gasteiger partial charge < -0.3 is 5.32 Å². The second kappa shape index (κ2) is 4.87. The Balaban J connectivity index is 1.75. The third kappa shape index (κ3) is 2.27.